The van der Waals surface area contributed by atoms with Crippen molar-refractivity contribution in [1.29, 1.82) is 0 Å². The average molecular weight is 628 g/mol. The lowest BCUT2D eigenvalue weighted by molar-refractivity contribution is 0.661. The molecule has 0 saturated carbocycles. The second-order valence-electron chi connectivity index (χ2n) is 13.3. The highest BCUT2D eigenvalue weighted by Gasteiger charge is 2.37. The molecule has 0 atom stereocenters. The van der Waals surface area contributed by atoms with E-state index in [-0.39, 0.29) is 5.41 Å². The highest BCUT2D eigenvalue weighted by Crippen LogP contribution is 2.53. The van der Waals surface area contributed by atoms with Gasteiger partial charge >= 0.3 is 0 Å². The van der Waals surface area contributed by atoms with Crippen molar-refractivity contribution in [1.82, 2.24) is 15.0 Å². The molecule has 0 amide bonds. The number of pyridine rings is 1. The van der Waals surface area contributed by atoms with E-state index in [0.717, 1.165) is 44.8 Å². The van der Waals surface area contributed by atoms with Crippen LogP contribution in [0.4, 0.5) is 0 Å². The summed E-state index contributed by atoms with van der Waals surface area (Å²) in [7, 11) is 0. The molecule has 3 nitrogen and oxygen atoms in total. The van der Waals surface area contributed by atoms with Crippen LogP contribution < -0.4 is 0 Å². The molecule has 0 bridgehead atoms. The van der Waals surface area contributed by atoms with Gasteiger partial charge < -0.3 is 0 Å². The Morgan fingerprint density at radius 1 is 0.429 bits per heavy atom. The van der Waals surface area contributed by atoms with Crippen molar-refractivity contribution >= 4 is 10.8 Å². The molecule has 0 spiro atoms. The quantitative estimate of drug-likeness (QED) is 0.191. The summed E-state index contributed by atoms with van der Waals surface area (Å²) in [4.78, 5) is 14.8. The standard InChI is InChI=1S/C46H33N3/c1-46(2)40-20-10-19-38(44(40)39-26-33-14-6-7-15-34(33)27-41(39)46)43-28-42(48-45(49-43)32-12-4-3-5-13-32)31-23-21-30(22-24-31)36-17-8-9-18-37(36)35-16-11-25-47-29-35/h3-29H,1-2H3. The second kappa shape index (κ2) is 11.5. The summed E-state index contributed by atoms with van der Waals surface area (Å²) in [5.74, 6) is 0.715. The summed E-state index contributed by atoms with van der Waals surface area (Å²) < 4.78 is 0. The lowest BCUT2D eigenvalue weighted by Gasteiger charge is -2.22. The van der Waals surface area contributed by atoms with Gasteiger partial charge in [0.15, 0.2) is 5.82 Å². The minimum Gasteiger partial charge on any atom is -0.264 e. The van der Waals surface area contributed by atoms with Crippen LogP contribution in [0.3, 0.4) is 0 Å². The Kier molecular flexibility index (Phi) is 6.80. The number of fused-ring (bicyclic) bond motifs is 4. The fraction of sp³-hybridized carbons (Fsp3) is 0.0652. The van der Waals surface area contributed by atoms with Gasteiger partial charge in [-0.25, -0.2) is 9.97 Å². The molecule has 3 heteroatoms. The van der Waals surface area contributed by atoms with Gasteiger partial charge in [0.2, 0.25) is 0 Å². The van der Waals surface area contributed by atoms with E-state index in [4.69, 9.17) is 9.97 Å². The van der Waals surface area contributed by atoms with Crippen LogP contribution in [0.5, 0.6) is 0 Å². The molecule has 0 N–H and O–H groups in total. The monoisotopic (exact) mass is 627 g/mol. The third kappa shape index (κ3) is 4.94. The molecule has 0 aliphatic heterocycles. The summed E-state index contributed by atoms with van der Waals surface area (Å²) in [5.41, 5.74) is 14.6. The zero-order valence-corrected chi connectivity index (χ0v) is 27.4. The van der Waals surface area contributed by atoms with Gasteiger partial charge in [-0.3, -0.25) is 4.98 Å². The van der Waals surface area contributed by atoms with Gasteiger partial charge in [0.05, 0.1) is 11.4 Å². The maximum absolute atomic E-state index is 5.25. The van der Waals surface area contributed by atoms with Gasteiger partial charge in [-0.2, -0.15) is 0 Å². The SMILES string of the molecule is CC1(C)c2cc3ccccc3cc2-c2c(-c3cc(-c4ccc(-c5ccccc5-c5cccnc5)cc4)nc(-c4ccccc4)n3)cccc21. The van der Waals surface area contributed by atoms with E-state index in [0.29, 0.717) is 5.82 Å². The number of rotatable bonds is 5. The highest BCUT2D eigenvalue weighted by atomic mass is 14.9. The minimum absolute atomic E-state index is 0.134. The van der Waals surface area contributed by atoms with Gasteiger partial charge in [-0.1, -0.05) is 141 Å². The molecule has 1 aliphatic carbocycles. The second-order valence-corrected chi connectivity index (χ2v) is 13.3. The number of hydrogen-bond acceptors (Lipinski definition) is 3. The molecule has 232 valence electrons. The van der Waals surface area contributed by atoms with E-state index in [2.05, 4.69) is 146 Å². The van der Waals surface area contributed by atoms with Gasteiger partial charge in [-0.05, 0) is 74.0 Å². The van der Waals surface area contributed by atoms with Crippen LogP contribution >= 0.6 is 0 Å². The van der Waals surface area contributed by atoms with Crippen LogP contribution in [0.1, 0.15) is 25.0 Å². The first-order valence-electron chi connectivity index (χ1n) is 16.8. The smallest absolute Gasteiger partial charge is 0.160 e. The first-order valence-corrected chi connectivity index (χ1v) is 16.8. The molecule has 2 heterocycles. The Morgan fingerprint density at radius 3 is 1.82 bits per heavy atom. The molecular weight excluding hydrogens is 595 g/mol. The molecule has 0 saturated heterocycles. The van der Waals surface area contributed by atoms with Crippen LogP contribution in [0, 0.1) is 0 Å². The Labute approximate surface area is 286 Å². The lowest BCUT2D eigenvalue weighted by atomic mass is 9.81. The van der Waals surface area contributed by atoms with Crippen LogP contribution in [-0.2, 0) is 5.41 Å². The molecule has 0 radical (unpaired) electrons. The van der Waals surface area contributed by atoms with E-state index in [9.17, 15) is 0 Å². The van der Waals surface area contributed by atoms with E-state index >= 15 is 0 Å². The van der Waals surface area contributed by atoms with Crippen molar-refractivity contribution in [2.24, 2.45) is 0 Å². The predicted molar refractivity (Wildman–Crippen MR) is 202 cm³/mol. The van der Waals surface area contributed by atoms with Crippen LogP contribution in [0.2, 0.25) is 0 Å². The number of benzene rings is 6. The van der Waals surface area contributed by atoms with Crippen molar-refractivity contribution < 1.29 is 0 Å². The molecular formula is C46H33N3. The van der Waals surface area contributed by atoms with Crippen LogP contribution in [0.25, 0.3) is 78.1 Å². The molecule has 2 aromatic heterocycles. The Morgan fingerprint density at radius 2 is 1.06 bits per heavy atom. The zero-order valence-electron chi connectivity index (χ0n) is 27.4. The third-order valence-electron chi connectivity index (χ3n) is 9.99. The van der Waals surface area contributed by atoms with E-state index in [1.807, 2.05) is 36.7 Å². The number of nitrogens with zero attached hydrogens (tertiary/aromatic N) is 3. The van der Waals surface area contributed by atoms with Gasteiger partial charge in [-0.15, -0.1) is 0 Å². The molecule has 0 fully saturated rings. The fourth-order valence-corrected chi connectivity index (χ4v) is 7.46. The van der Waals surface area contributed by atoms with Gasteiger partial charge in [0.1, 0.15) is 0 Å². The van der Waals surface area contributed by atoms with Crippen molar-refractivity contribution in [3.63, 3.8) is 0 Å². The Bertz CT molecular complexity index is 2500. The highest BCUT2D eigenvalue weighted by molar-refractivity contribution is 5.98. The summed E-state index contributed by atoms with van der Waals surface area (Å²) in [6, 6.07) is 53.9. The average Bonchev–Trinajstić information content (AvgIpc) is 3.39. The number of aromatic nitrogens is 3. The van der Waals surface area contributed by atoms with Crippen molar-refractivity contribution in [2.45, 2.75) is 19.3 Å². The van der Waals surface area contributed by atoms with Crippen molar-refractivity contribution in [3.8, 4) is 67.3 Å². The molecule has 1 aliphatic rings. The molecule has 49 heavy (non-hydrogen) atoms. The topological polar surface area (TPSA) is 38.7 Å². The normalized spacial score (nSPS) is 12.9. The first-order chi connectivity index (χ1) is 24.0. The summed E-state index contributed by atoms with van der Waals surface area (Å²) in [5, 5.41) is 2.52. The van der Waals surface area contributed by atoms with Gasteiger partial charge in [0.25, 0.3) is 0 Å². The van der Waals surface area contributed by atoms with E-state index < -0.39 is 0 Å². The van der Waals surface area contributed by atoms with Crippen molar-refractivity contribution in [2.75, 3.05) is 0 Å². The van der Waals surface area contributed by atoms with E-state index in [1.165, 1.54) is 38.6 Å². The summed E-state index contributed by atoms with van der Waals surface area (Å²) >= 11 is 0. The first kappa shape index (κ1) is 29.0. The van der Waals surface area contributed by atoms with Crippen LogP contribution in [-0.4, -0.2) is 15.0 Å². The maximum Gasteiger partial charge on any atom is 0.160 e. The molecule has 6 aromatic carbocycles. The molecule has 9 rings (SSSR count). The maximum atomic E-state index is 5.25. The Hall–Kier alpha value is -6.19. The Balaban J connectivity index is 1.20. The molecule has 8 aromatic rings. The summed E-state index contributed by atoms with van der Waals surface area (Å²) in [6.45, 7) is 4.68. The summed E-state index contributed by atoms with van der Waals surface area (Å²) in [6.07, 6.45) is 3.73. The largest absolute Gasteiger partial charge is 0.264 e. The van der Waals surface area contributed by atoms with Crippen LogP contribution in [0.15, 0.2) is 164 Å². The van der Waals surface area contributed by atoms with E-state index in [1.54, 1.807) is 0 Å². The predicted octanol–water partition coefficient (Wildman–Crippen LogP) is 11.7. The van der Waals surface area contributed by atoms with Crippen molar-refractivity contribution in [3.05, 3.63) is 175 Å². The zero-order chi connectivity index (χ0) is 33.0. The number of hydrogen-bond donors (Lipinski definition) is 0. The minimum atomic E-state index is -0.134. The lowest BCUT2D eigenvalue weighted by Crippen LogP contribution is -2.14. The molecule has 0 unspecified atom stereocenters. The van der Waals surface area contributed by atoms with Gasteiger partial charge in [0, 0.05) is 40.1 Å². The fourth-order valence-electron chi connectivity index (χ4n) is 7.46. The third-order valence-corrected chi connectivity index (χ3v) is 9.99.